The molecule has 0 radical (unpaired) electrons. The number of nitrogens with one attached hydrogen (secondary N) is 1. The first-order valence-corrected chi connectivity index (χ1v) is 5.41. The van der Waals surface area contributed by atoms with Gasteiger partial charge in [0.15, 0.2) is 11.6 Å². The molecule has 0 amide bonds. The third kappa shape index (κ3) is 2.08. The lowest BCUT2D eigenvalue weighted by Gasteiger charge is -2.05. The van der Waals surface area contributed by atoms with E-state index in [2.05, 4.69) is 4.72 Å². The normalized spacial score (nSPS) is 11.6. The maximum Gasteiger partial charge on any atom is 0.243 e. The number of hydrogen-bond donors (Lipinski definition) is 1. The van der Waals surface area contributed by atoms with Crippen molar-refractivity contribution < 1.29 is 17.2 Å². The van der Waals surface area contributed by atoms with Crippen molar-refractivity contribution in [2.45, 2.75) is 11.8 Å². The Labute approximate surface area is 80.8 Å². The second-order valence-corrected chi connectivity index (χ2v) is 4.29. The Morgan fingerprint density at radius 2 is 2.00 bits per heavy atom. The van der Waals surface area contributed by atoms with Crippen LogP contribution >= 0.6 is 0 Å². The van der Waals surface area contributed by atoms with Gasteiger partial charge in [0.05, 0.1) is 0 Å². The second-order valence-electron chi connectivity index (χ2n) is 2.55. The van der Waals surface area contributed by atoms with Crippen molar-refractivity contribution in [2.75, 3.05) is 6.54 Å². The van der Waals surface area contributed by atoms with E-state index in [-0.39, 0.29) is 6.54 Å². The third-order valence-corrected chi connectivity index (χ3v) is 3.10. The lowest BCUT2D eigenvalue weighted by molar-refractivity contribution is 0.483. The molecule has 0 atom stereocenters. The van der Waals surface area contributed by atoms with Crippen molar-refractivity contribution in [1.29, 1.82) is 0 Å². The fraction of sp³-hybridized carbons (Fsp3) is 0.250. The van der Waals surface area contributed by atoms with Crippen molar-refractivity contribution >= 4 is 10.0 Å². The Hall–Kier alpha value is -1.01. The summed E-state index contributed by atoms with van der Waals surface area (Å²) in [7, 11) is -3.93. The fourth-order valence-electron chi connectivity index (χ4n) is 0.959. The highest BCUT2D eigenvalue weighted by molar-refractivity contribution is 7.89. The molecule has 6 heteroatoms. The lowest BCUT2D eigenvalue weighted by Crippen LogP contribution is -2.24. The Morgan fingerprint density at radius 1 is 1.36 bits per heavy atom. The van der Waals surface area contributed by atoms with Gasteiger partial charge in [0.2, 0.25) is 10.0 Å². The van der Waals surface area contributed by atoms with Gasteiger partial charge >= 0.3 is 0 Å². The molecule has 0 aliphatic heterocycles. The summed E-state index contributed by atoms with van der Waals surface area (Å²) in [5.74, 6) is -2.53. The summed E-state index contributed by atoms with van der Waals surface area (Å²) in [6.45, 7) is 1.67. The number of benzene rings is 1. The van der Waals surface area contributed by atoms with Crippen molar-refractivity contribution in [2.24, 2.45) is 0 Å². The first-order valence-electron chi connectivity index (χ1n) is 3.92. The average Bonchev–Trinajstić information content (AvgIpc) is 2.09. The first-order chi connectivity index (χ1) is 6.49. The standard InChI is InChI=1S/C8H9F2NO2S/c1-2-11-14(12,13)7-5-3-4-6(9)8(7)10/h3-5,11H,2H2,1H3. The van der Waals surface area contributed by atoms with Gasteiger partial charge in [0.1, 0.15) is 4.90 Å². The molecule has 1 aromatic carbocycles. The molecular weight excluding hydrogens is 212 g/mol. The van der Waals surface area contributed by atoms with Crippen molar-refractivity contribution in [3.8, 4) is 0 Å². The molecule has 0 spiro atoms. The monoisotopic (exact) mass is 221 g/mol. The Morgan fingerprint density at radius 3 is 2.57 bits per heavy atom. The predicted molar refractivity (Wildman–Crippen MR) is 47.2 cm³/mol. The molecule has 0 aliphatic rings. The summed E-state index contributed by atoms with van der Waals surface area (Å²) in [6.07, 6.45) is 0. The molecule has 78 valence electrons. The van der Waals surface area contributed by atoms with Crippen LogP contribution in [0, 0.1) is 11.6 Å². The molecule has 3 nitrogen and oxygen atoms in total. The molecule has 0 bridgehead atoms. The summed E-state index contributed by atoms with van der Waals surface area (Å²) in [5, 5.41) is 0. The van der Waals surface area contributed by atoms with E-state index in [9.17, 15) is 17.2 Å². The topological polar surface area (TPSA) is 46.2 Å². The largest absolute Gasteiger partial charge is 0.243 e. The van der Waals surface area contributed by atoms with Gasteiger partial charge in [0, 0.05) is 6.54 Å². The van der Waals surface area contributed by atoms with Gasteiger partial charge in [-0.05, 0) is 12.1 Å². The van der Waals surface area contributed by atoms with Gasteiger partial charge in [-0.3, -0.25) is 0 Å². The highest BCUT2D eigenvalue weighted by atomic mass is 32.2. The zero-order valence-electron chi connectivity index (χ0n) is 7.42. The molecule has 0 aromatic heterocycles. The van der Waals surface area contributed by atoms with E-state index in [4.69, 9.17) is 0 Å². The Bertz CT molecular complexity index is 431. The molecule has 0 saturated heterocycles. The number of sulfonamides is 1. The number of rotatable bonds is 3. The average molecular weight is 221 g/mol. The SMILES string of the molecule is CCNS(=O)(=O)c1cccc(F)c1F. The van der Waals surface area contributed by atoms with Gasteiger partial charge in [0.25, 0.3) is 0 Å². The quantitative estimate of drug-likeness (QED) is 0.835. The maximum absolute atomic E-state index is 13.0. The fourth-order valence-corrected chi connectivity index (χ4v) is 2.09. The molecule has 0 heterocycles. The molecule has 0 saturated carbocycles. The van der Waals surface area contributed by atoms with Crippen molar-refractivity contribution in [1.82, 2.24) is 4.72 Å². The Kier molecular flexibility index (Phi) is 3.17. The van der Waals surface area contributed by atoms with Gasteiger partial charge in [-0.15, -0.1) is 0 Å². The van der Waals surface area contributed by atoms with Crippen molar-refractivity contribution in [3.63, 3.8) is 0 Å². The molecular formula is C8H9F2NO2S. The van der Waals surface area contributed by atoms with Gasteiger partial charge < -0.3 is 0 Å². The predicted octanol–water partition coefficient (Wildman–Crippen LogP) is 1.26. The molecule has 0 unspecified atom stereocenters. The number of hydrogen-bond acceptors (Lipinski definition) is 2. The van der Waals surface area contributed by atoms with Gasteiger partial charge in [-0.25, -0.2) is 21.9 Å². The summed E-state index contributed by atoms with van der Waals surface area (Å²) in [6, 6.07) is 3.01. The zero-order chi connectivity index (χ0) is 10.8. The summed E-state index contributed by atoms with van der Waals surface area (Å²) < 4.78 is 50.4. The van der Waals surface area contributed by atoms with Crippen LogP contribution in [0.2, 0.25) is 0 Å². The molecule has 1 N–H and O–H groups in total. The van der Waals surface area contributed by atoms with Crippen LogP contribution < -0.4 is 4.72 Å². The van der Waals surface area contributed by atoms with Crippen LogP contribution in [-0.2, 0) is 10.0 Å². The highest BCUT2D eigenvalue weighted by Crippen LogP contribution is 2.16. The van der Waals surface area contributed by atoms with Gasteiger partial charge in [-0.1, -0.05) is 13.0 Å². The van der Waals surface area contributed by atoms with Crippen molar-refractivity contribution in [3.05, 3.63) is 29.8 Å². The smallest absolute Gasteiger partial charge is 0.211 e. The highest BCUT2D eigenvalue weighted by Gasteiger charge is 2.19. The van der Waals surface area contributed by atoms with Gasteiger partial charge in [-0.2, -0.15) is 0 Å². The Balaban J connectivity index is 3.27. The van der Waals surface area contributed by atoms with Crippen LogP contribution in [0.5, 0.6) is 0 Å². The van der Waals surface area contributed by atoms with Crippen LogP contribution in [0.3, 0.4) is 0 Å². The van der Waals surface area contributed by atoms with E-state index >= 15 is 0 Å². The minimum absolute atomic E-state index is 0.123. The third-order valence-electron chi connectivity index (χ3n) is 1.54. The maximum atomic E-state index is 13.0. The van der Waals surface area contributed by atoms with E-state index < -0.39 is 26.6 Å². The van der Waals surface area contributed by atoms with E-state index in [0.29, 0.717) is 0 Å². The first kappa shape index (κ1) is 11.1. The van der Waals surface area contributed by atoms with E-state index in [1.54, 1.807) is 6.92 Å². The van der Waals surface area contributed by atoms with E-state index in [1.807, 2.05) is 0 Å². The zero-order valence-corrected chi connectivity index (χ0v) is 8.24. The second kappa shape index (κ2) is 4.02. The van der Waals surface area contributed by atoms with E-state index in [0.717, 1.165) is 18.2 Å². The number of halogens is 2. The molecule has 0 aliphatic carbocycles. The van der Waals surface area contributed by atoms with Crippen LogP contribution in [-0.4, -0.2) is 15.0 Å². The lowest BCUT2D eigenvalue weighted by atomic mass is 10.3. The summed E-state index contributed by atoms with van der Waals surface area (Å²) in [4.78, 5) is -0.667. The minimum Gasteiger partial charge on any atom is -0.211 e. The van der Waals surface area contributed by atoms with Crippen LogP contribution in [0.1, 0.15) is 6.92 Å². The molecule has 1 rings (SSSR count). The van der Waals surface area contributed by atoms with E-state index in [1.165, 1.54) is 0 Å². The van der Waals surface area contributed by atoms with Crippen LogP contribution in [0.15, 0.2) is 23.1 Å². The summed E-state index contributed by atoms with van der Waals surface area (Å²) >= 11 is 0. The molecule has 0 fully saturated rings. The van der Waals surface area contributed by atoms with Crippen LogP contribution in [0.25, 0.3) is 0 Å². The molecule has 1 aromatic rings. The summed E-state index contributed by atoms with van der Waals surface area (Å²) in [5.41, 5.74) is 0. The minimum atomic E-state index is -3.93. The van der Waals surface area contributed by atoms with Crippen LogP contribution in [0.4, 0.5) is 8.78 Å². The molecule has 14 heavy (non-hydrogen) atoms.